The predicted molar refractivity (Wildman–Crippen MR) is 170 cm³/mol. The fourth-order valence-corrected chi connectivity index (χ4v) is 8.25. The van der Waals surface area contributed by atoms with Gasteiger partial charge in [0.15, 0.2) is 0 Å². The van der Waals surface area contributed by atoms with Gasteiger partial charge in [-0.25, -0.2) is 0 Å². The summed E-state index contributed by atoms with van der Waals surface area (Å²) < 4.78 is 2.63. The van der Waals surface area contributed by atoms with Crippen LogP contribution in [0.3, 0.4) is 0 Å². The first-order chi connectivity index (χ1) is 18.7. The molecule has 1 nitrogen and oxygen atoms in total. The topological polar surface area (TPSA) is 3.24 Å². The molecule has 6 aromatic carbocycles. The molecule has 182 valence electrons. The van der Waals surface area contributed by atoms with Gasteiger partial charge in [-0.1, -0.05) is 92.7 Å². The van der Waals surface area contributed by atoms with Crippen molar-refractivity contribution in [1.29, 1.82) is 0 Å². The van der Waals surface area contributed by atoms with Gasteiger partial charge >= 0.3 is 0 Å². The Morgan fingerprint density at radius 1 is 0.526 bits per heavy atom. The van der Waals surface area contributed by atoms with Gasteiger partial charge in [0.1, 0.15) is 10.0 Å². The van der Waals surface area contributed by atoms with Crippen LogP contribution in [0.1, 0.15) is 25.3 Å². The Hall–Kier alpha value is -3.92. The van der Waals surface area contributed by atoms with E-state index in [4.69, 9.17) is 0 Å². The van der Waals surface area contributed by atoms with Crippen LogP contribution in [0.2, 0.25) is 0 Å². The number of hydrogen-bond acceptors (Lipinski definition) is 3. The Kier molecular flexibility index (Phi) is 4.82. The van der Waals surface area contributed by atoms with Crippen molar-refractivity contribution < 1.29 is 0 Å². The molecule has 0 aliphatic heterocycles. The maximum Gasteiger partial charge on any atom is 0.102 e. The van der Waals surface area contributed by atoms with Gasteiger partial charge in [-0.05, 0) is 79.5 Å². The lowest BCUT2D eigenvalue weighted by Crippen LogP contribution is -2.07. The van der Waals surface area contributed by atoms with Crippen LogP contribution in [0.4, 0.5) is 15.7 Å². The van der Waals surface area contributed by atoms with Crippen molar-refractivity contribution in [3.8, 4) is 0 Å². The summed E-state index contributed by atoms with van der Waals surface area (Å²) in [6, 6.07) is 40.6. The van der Waals surface area contributed by atoms with E-state index >= 15 is 0 Å². The van der Waals surface area contributed by atoms with Gasteiger partial charge in [0.2, 0.25) is 0 Å². The zero-order valence-electron chi connectivity index (χ0n) is 21.2. The monoisotopic (exact) mass is 523 g/mol. The van der Waals surface area contributed by atoms with Crippen LogP contribution in [0.15, 0.2) is 109 Å². The van der Waals surface area contributed by atoms with Gasteiger partial charge in [0.25, 0.3) is 0 Å². The van der Waals surface area contributed by atoms with Crippen molar-refractivity contribution in [2.24, 2.45) is 0 Å². The van der Waals surface area contributed by atoms with E-state index in [2.05, 4.69) is 128 Å². The first kappa shape index (κ1) is 22.1. The van der Waals surface area contributed by atoms with Gasteiger partial charge in [-0.3, -0.25) is 4.90 Å². The molecule has 0 N–H and O–H groups in total. The summed E-state index contributed by atoms with van der Waals surface area (Å²) in [4.78, 5) is 2.49. The number of hydrogen-bond donors (Lipinski definition) is 0. The molecule has 0 radical (unpaired) electrons. The molecule has 8 rings (SSSR count). The van der Waals surface area contributed by atoms with E-state index in [-0.39, 0.29) is 0 Å². The van der Waals surface area contributed by atoms with Crippen LogP contribution >= 0.6 is 22.7 Å². The minimum atomic E-state index is 0.479. The Balaban J connectivity index is 1.47. The number of nitrogens with zero attached hydrogens (tertiary/aromatic N) is 1. The quantitative estimate of drug-likeness (QED) is 0.207. The van der Waals surface area contributed by atoms with E-state index in [0.29, 0.717) is 5.92 Å². The molecule has 0 saturated heterocycles. The van der Waals surface area contributed by atoms with Crippen molar-refractivity contribution in [1.82, 2.24) is 0 Å². The molecule has 0 fully saturated rings. The number of fused-ring (bicyclic) bond motifs is 2. The fraction of sp³-hybridized carbons (Fsp3) is 0.0857. The van der Waals surface area contributed by atoms with Gasteiger partial charge in [0, 0.05) is 14.8 Å². The molecule has 0 amide bonds. The van der Waals surface area contributed by atoms with E-state index < -0.39 is 0 Å². The maximum atomic E-state index is 2.49. The second-order valence-corrected chi connectivity index (χ2v) is 12.5. The highest BCUT2D eigenvalue weighted by Gasteiger charge is 2.22. The first-order valence-corrected chi connectivity index (χ1v) is 14.8. The lowest BCUT2D eigenvalue weighted by molar-refractivity contribution is 0.877. The number of anilines is 3. The van der Waals surface area contributed by atoms with E-state index in [1.54, 1.807) is 0 Å². The Morgan fingerprint density at radius 2 is 1.05 bits per heavy atom. The molecule has 8 aromatic rings. The predicted octanol–water partition coefficient (Wildman–Crippen LogP) is 11.6. The third-order valence-electron chi connectivity index (χ3n) is 7.80. The second-order valence-electron chi connectivity index (χ2n) is 10.4. The van der Waals surface area contributed by atoms with Crippen molar-refractivity contribution >= 4 is 90.9 Å². The Labute approximate surface area is 229 Å². The molecular formula is C35H25NS2. The van der Waals surface area contributed by atoms with Crippen LogP contribution in [0, 0.1) is 0 Å². The molecule has 38 heavy (non-hydrogen) atoms. The van der Waals surface area contributed by atoms with Gasteiger partial charge < -0.3 is 0 Å². The van der Waals surface area contributed by atoms with Crippen molar-refractivity contribution in [3.05, 3.63) is 115 Å². The lowest BCUT2D eigenvalue weighted by Gasteiger charge is -2.25. The molecular weight excluding hydrogens is 499 g/mol. The molecule has 0 aliphatic carbocycles. The highest BCUT2D eigenvalue weighted by Crippen LogP contribution is 2.49. The zero-order valence-corrected chi connectivity index (χ0v) is 22.9. The average Bonchev–Trinajstić information content (AvgIpc) is 3.56. The smallest absolute Gasteiger partial charge is 0.102 e. The van der Waals surface area contributed by atoms with E-state index in [9.17, 15) is 0 Å². The van der Waals surface area contributed by atoms with Crippen LogP contribution in [-0.2, 0) is 0 Å². The fourth-order valence-electron chi connectivity index (χ4n) is 6.01. The number of rotatable bonds is 4. The van der Waals surface area contributed by atoms with Gasteiger partial charge in [0.05, 0.1) is 5.69 Å². The van der Waals surface area contributed by atoms with Gasteiger partial charge in [-0.15, -0.1) is 22.7 Å². The summed E-state index contributed by atoms with van der Waals surface area (Å²) in [6.07, 6.45) is 0. The standard InChI is InChI=1S/C35H25NS2/c1-21(2)26-15-11-22-13-17-28-29(18-14-23-12-16-27(26)34(22)35(23)28)36(32-19-24-7-3-5-9-30(24)37-32)33-20-25-8-4-6-10-31(25)38-33/h3-21H,1-2H3. The molecule has 0 saturated carbocycles. The zero-order chi connectivity index (χ0) is 25.4. The van der Waals surface area contributed by atoms with Crippen LogP contribution < -0.4 is 4.90 Å². The molecule has 0 spiro atoms. The summed E-state index contributed by atoms with van der Waals surface area (Å²) in [7, 11) is 0. The summed E-state index contributed by atoms with van der Waals surface area (Å²) in [6.45, 7) is 4.59. The average molecular weight is 524 g/mol. The highest BCUT2D eigenvalue weighted by molar-refractivity contribution is 7.25. The van der Waals surface area contributed by atoms with Crippen molar-refractivity contribution in [2.75, 3.05) is 4.90 Å². The van der Waals surface area contributed by atoms with Crippen LogP contribution in [0.5, 0.6) is 0 Å². The SMILES string of the molecule is CC(C)c1ccc2ccc3c(N(c4cc5ccccc5s4)c4cc5ccccc5s4)ccc4ccc1c2c43. The van der Waals surface area contributed by atoms with Crippen molar-refractivity contribution in [3.63, 3.8) is 0 Å². The summed E-state index contributed by atoms with van der Waals surface area (Å²) in [5, 5.41) is 13.1. The normalized spacial score (nSPS) is 12.2. The molecule has 0 bridgehead atoms. The van der Waals surface area contributed by atoms with E-state index in [0.717, 1.165) is 0 Å². The van der Waals surface area contributed by atoms with E-state index in [1.165, 1.54) is 73.7 Å². The lowest BCUT2D eigenvalue weighted by atomic mass is 9.88. The molecule has 0 atom stereocenters. The Morgan fingerprint density at radius 3 is 1.66 bits per heavy atom. The summed E-state index contributed by atoms with van der Waals surface area (Å²) in [5.41, 5.74) is 2.66. The Bertz CT molecular complexity index is 1990. The molecule has 3 heteroatoms. The number of thiophene rings is 2. The van der Waals surface area contributed by atoms with E-state index in [1.807, 2.05) is 22.7 Å². The summed E-state index contributed by atoms with van der Waals surface area (Å²) >= 11 is 3.73. The largest absolute Gasteiger partial charge is 0.292 e. The maximum absolute atomic E-state index is 2.49. The van der Waals surface area contributed by atoms with Crippen LogP contribution in [0.25, 0.3) is 52.5 Å². The van der Waals surface area contributed by atoms with Crippen molar-refractivity contribution in [2.45, 2.75) is 19.8 Å². The molecule has 2 heterocycles. The second kappa shape index (κ2) is 8.29. The molecule has 2 aromatic heterocycles. The highest BCUT2D eigenvalue weighted by atomic mass is 32.1. The summed E-state index contributed by atoms with van der Waals surface area (Å²) in [5.74, 6) is 0.479. The third-order valence-corrected chi connectivity index (χ3v) is 10.0. The number of benzene rings is 6. The molecule has 0 unspecified atom stereocenters. The van der Waals surface area contributed by atoms with Gasteiger partial charge in [-0.2, -0.15) is 0 Å². The van der Waals surface area contributed by atoms with Crippen LogP contribution in [-0.4, -0.2) is 0 Å². The molecule has 0 aliphatic rings. The minimum absolute atomic E-state index is 0.479. The third kappa shape index (κ3) is 3.22. The first-order valence-electron chi connectivity index (χ1n) is 13.1. The minimum Gasteiger partial charge on any atom is -0.292 e.